The molecule has 0 atom stereocenters. The molecule has 0 radical (unpaired) electrons. The molecule has 0 aliphatic carbocycles. The zero-order valence-corrected chi connectivity index (χ0v) is 7.50. The van der Waals surface area contributed by atoms with Crippen LogP contribution >= 0.6 is 0 Å². The first-order valence-electron chi connectivity index (χ1n) is 4.05. The highest BCUT2D eigenvalue weighted by Gasteiger charge is 2.27. The Kier molecular flexibility index (Phi) is 3.00. The van der Waals surface area contributed by atoms with E-state index in [0.29, 0.717) is 19.6 Å². The Labute approximate surface area is 72.4 Å². The van der Waals surface area contributed by atoms with Crippen LogP contribution in [0.2, 0.25) is 0 Å². The van der Waals surface area contributed by atoms with Crippen molar-refractivity contribution in [2.75, 3.05) is 13.2 Å². The van der Waals surface area contributed by atoms with Crippen molar-refractivity contribution in [1.82, 2.24) is 0 Å². The van der Waals surface area contributed by atoms with E-state index in [2.05, 4.69) is 0 Å². The Morgan fingerprint density at radius 2 is 1.92 bits per heavy atom. The van der Waals surface area contributed by atoms with Crippen molar-refractivity contribution in [3.8, 4) is 0 Å². The number of ketones is 1. The maximum Gasteiger partial charge on any atom is 0.173 e. The number of carbonyl (C=O) groups excluding carboxylic acids is 1. The molecular weight excluding hydrogens is 156 g/mol. The van der Waals surface area contributed by atoms with E-state index in [4.69, 9.17) is 9.47 Å². The smallest absolute Gasteiger partial charge is 0.173 e. The second-order valence-electron chi connectivity index (χ2n) is 3.11. The van der Waals surface area contributed by atoms with Gasteiger partial charge >= 0.3 is 0 Å². The predicted molar refractivity (Wildman–Crippen MR) is 44.7 cm³/mol. The van der Waals surface area contributed by atoms with Crippen LogP contribution in [0.15, 0.2) is 12.2 Å². The first kappa shape index (κ1) is 9.42. The monoisotopic (exact) mass is 170 g/mol. The van der Waals surface area contributed by atoms with Crippen LogP contribution in [0.1, 0.15) is 20.3 Å². The molecule has 1 heterocycles. The van der Waals surface area contributed by atoms with Gasteiger partial charge in [0.15, 0.2) is 5.79 Å². The van der Waals surface area contributed by atoms with Crippen LogP contribution in [0, 0.1) is 0 Å². The standard InChI is InChI=1S/C9H14O3/c1-8(10)7-9(2)11-5-3-4-6-12-9/h3-4H,5-7H2,1-2H3. The summed E-state index contributed by atoms with van der Waals surface area (Å²) in [5.41, 5.74) is 0. The van der Waals surface area contributed by atoms with Gasteiger partial charge in [-0.1, -0.05) is 12.2 Å². The molecule has 0 bridgehead atoms. The summed E-state index contributed by atoms with van der Waals surface area (Å²) in [7, 11) is 0. The van der Waals surface area contributed by atoms with E-state index in [1.165, 1.54) is 6.92 Å². The third-order valence-corrected chi connectivity index (χ3v) is 1.71. The molecule has 0 fully saturated rings. The zero-order chi connectivity index (χ0) is 9.03. The maximum atomic E-state index is 10.8. The van der Waals surface area contributed by atoms with Crippen molar-refractivity contribution in [2.24, 2.45) is 0 Å². The molecule has 0 aromatic carbocycles. The Bertz CT molecular complexity index is 186. The second-order valence-corrected chi connectivity index (χ2v) is 3.11. The van der Waals surface area contributed by atoms with E-state index in [1.54, 1.807) is 6.92 Å². The van der Waals surface area contributed by atoms with Crippen LogP contribution in [0.3, 0.4) is 0 Å². The molecule has 68 valence electrons. The second kappa shape index (κ2) is 3.83. The number of hydrogen-bond donors (Lipinski definition) is 0. The Morgan fingerprint density at radius 3 is 2.33 bits per heavy atom. The van der Waals surface area contributed by atoms with Gasteiger partial charge in [0, 0.05) is 0 Å². The highest BCUT2D eigenvalue weighted by Crippen LogP contribution is 2.19. The molecule has 3 nitrogen and oxygen atoms in total. The molecule has 12 heavy (non-hydrogen) atoms. The van der Waals surface area contributed by atoms with E-state index in [1.807, 2.05) is 12.2 Å². The first-order valence-corrected chi connectivity index (χ1v) is 4.05. The predicted octanol–water partition coefficient (Wildman–Crippen LogP) is 1.28. The minimum Gasteiger partial charge on any atom is -0.346 e. The van der Waals surface area contributed by atoms with Crippen molar-refractivity contribution in [2.45, 2.75) is 26.1 Å². The van der Waals surface area contributed by atoms with Crippen molar-refractivity contribution in [1.29, 1.82) is 0 Å². The van der Waals surface area contributed by atoms with Crippen LogP contribution in [-0.4, -0.2) is 24.8 Å². The summed E-state index contributed by atoms with van der Waals surface area (Å²) in [6, 6.07) is 0. The highest BCUT2D eigenvalue weighted by molar-refractivity contribution is 5.76. The third-order valence-electron chi connectivity index (χ3n) is 1.71. The van der Waals surface area contributed by atoms with Crippen LogP contribution in [-0.2, 0) is 14.3 Å². The molecule has 0 aromatic heterocycles. The van der Waals surface area contributed by atoms with Gasteiger partial charge in [-0.15, -0.1) is 0 Å². The van der Waals surface area contributed by atoms with Crippen molar-refractivity contribution in [3.05, 3.63) is 12.2 Å². The fraction of sp³-hybridized carbons (Fsp3) is 0.667. The molecule has 0 saturated carbocycles. The van der Waals surface area contributed by atoms with E-state index >= 15 is 0 Å². The van der Waals surface area contributed by atoms with Crippen LogP contribution in [0.4, 0.5) is 0 Å². The van der Waals surface area contributed by atoms with Gasteiger partial charge in [0.05, 0.1) is 19.6 Å². The Hall–Kier alpha value is -0.670. The summed E-state index contributed by atoms with van der Waals surface area (Å²) in [4.78, 5) is 10.8. The van der Waals surface area contributed by atoms with Crippen molar-refractivity contribution >= 4 is 5.78 Å². The molecule has 0 unspecified atom stereocenters. The van der Waals surface area contributed by atoms with E-state index in [9.17, 15) is 4.79 Å². The number of Topliss-reactive ketones (excluding diaryl/α,β-unsaturated/α-hetero) is 1. The topological polar surface area (TPSA) is 35.5 Å². The molecule has 3 heteroatoms. The normalized spacial score (nSPS) is 21.8. The van der Waals surface area contributed by atoms with Crippen LogP contribution < -0.4 is 0 Å². The quantitative estimate of drug-likeness (QED) is 0.586. The maximum absolute atomic E-state index is 10.8. The first-order chi connectivity index (χ1) is 5.62. The van der Waals surface area contributed by atoms with Gasteiger partial charge in [-0.05, 0) is 13.8 Å². The fourth-order valence-electron chi connectivity index (χ4n) is 1.18. The van der Waals surface area contributed by atoms with Crippen molar-refractivity contribution < 1.29 is 14.3 Å². The zero-order valence-electron chi connectivity index (χ0n) is 7.50. The summed E-state index contributed by atoms with van der Waals surface area (Å²) in [5.74, 6) is -0.644. The van der Waals surface area contributed by atoms with E-state index < -0.39 is 5.79 Å². The molecule has 0 saturated heterocycles. The minimum absolute atomic E-state index is 0.0828. The lowest BCUT2D eigenvalue weighted by Gasteiger charge is -2.26. The number of hydrogen-bond acceptors (Lipinski definition) is 3. The van der Waals surface area contributed by atoms with E-state index in [0.717, 1.165) is 0 Å². The molecule has 0 amide bonds. The lowest BCUT2D eigenvalue weighted by molar-refractivity contribution is -0.211. The Morgan fingerprint density at radius 1 is 1.42 bits per heavy atom. The molecule has 1 rings (SSSR count). The summed E-state index contributed by atoms with van der Waals surface area (Å²) < 4.78 is 10.7. The summed E-state index contributed by atoms with van der Waals surface area (Å²) >= 11 is 0. The molecule has 0 N–H and O–H groups in total. The lowest BCUT2D eigenvalue weighted by atomic mass is 10.1. The van der Waals surface area contributed by atoms with Gasteiger partial charge in [0.25, 0.3) is 0 Å². The summed E-state index contributed by atoms with van der Waals surface area (Å²) in [5, 5.41) is 0. The average molecular weight is 170 g/mol. The molecule has 1 aliphatic rings. The van der Waals surface area contributed by atoms with Crippen molar-refractivity contribution in [3.63, 3.8) is 0 Å². The SMILES string of the molecule is CC(=O)CC1(C)OCC=CCO1. The highest BCUT2D eigenvalue weighted by atomic mass is 16.7. The third kappa shape index (κ3) is 2.75. The Balaban J connectivity index is 2.51. The van der Waals surface area contributed by atoms with Crippen LogP contribution in [0.25, 0.3) is 0 Å². The average Bonchev–Trinajstić information content (AvgIpc) is 2.12. The molecule has 1 aliphatic heterocycles. The van der Waals surface area contributed by atoms with E-state index in [-0.39, 0.29) is 5.78 Å². The molecule has 0 aromatic rings. The van der Waals surface area contributed by atoms with Gasteiger partial charge in [0.2, 0.25) is 0 Å². The van der Waals surface area contributed by atoms with Crippen LogP contribution in [0.5, 0.6) is 0 Å². The fourth-order valence-corrected chi connectivity index (χ4v) is 1.18. The minimum atomic E-state index is -0.727. The number of ether oxygens (including phenoxy) is 2. The van der Waals surface area contributed by atoms with Gasteiger partial charge in [-0.2, -0.15) is 0 Å². The summed E-state index contributed by atoms with van der Waals surface area (Å²) in [6.07, 6.45) is 4.10. The largest absolute Gasteiger partial charge is 0.346 e. The van der Waals surface area contributed by atoms with Gasteiger partial charge in [0.1, 0.15) is 5.78 Å². The number of rotatable bonds is 2. The number of carbonyl (C=O) groups is 1. The van der Waals surface area contributed by atoms with Gasteiger partial charge in [-0.25, -0.2) is 0 Å². The molecular formula is C9H14O3. The summed E-state index contributed by atoms with van der Waals surface area (Å²) in [6.45, 7) is 4.37. The van der Waals surface area contributed by atoms with Gasteiger partial charge < -0.3 is 9.47 Å². The van der Waals surface area contributed by atoms with Gasteiger partial charge in [-0.3, -0.25) is 4.79 Å². The lowest BCUT2D eigenvalue weighted by Crippen LogP contribution is -2.33. The molecule has 0 spiro atoms.